The van der Waals surface area contributed by atoms with Crippen LogP contribution in [0.2, 0.25) is 5.02 Å². The van der Waals surface area contributed by atoms with E-state index in [4.69, 9.17) is 21.1 Å². The minimum absolute atomic E-state index is 0.00910. The maximum atomic E-state index is 16.1. The normalized spacial score (nSPS) is 17.7. The number of hydrogen-bond donors (Lipinski definition) is 1. The minimum Gasteiger partial charge on any atom is -0.466 e. The van der Waals surface area contributed by atoms with E-state index in [-0.39, 0.29) is 88.1 Å². The zero-order valence-corrected chi connectivity index (χ0v) is 29.5. The quantitative estimate of drug-likeness (QED) is 0.153. The zero-order chi connectivity index (χ0) is 38.4. The maximum absolute atomic E-state index is 16.1. The Kier molecular flexibility index (Phi) is 10.7. The summed E-state index contributed by atoms with van der Waals surface area (Å²) in [5, 5.41) is 2.65. The first-order valence-corrected chi connectivity index (χ1v) is 17.1. The summed E-state index contributed by atoms with van der Waals surface area (Å²) in [7, 11) is 0. The second kappa shape index (κ2) is 14.9. The fraction of sp³-hybridized carbons (Fsp3) is 0.342. The lowest BCUT2D eigenvalue weighted by Crippen LogP contribution is -2.49. The molecule has 1 fully saturated rings. The number of nitrogens with one attached hydrogen (secondary N) is 1. The van der Waals surface area contributed by atoms with Gasteiger partial charge in [-0.2, -0.15) is 13.2 Å². The second-order valence-electron chi connectivity index (χ2n) is 13.1. The monoisotopic (exact) mass is 761 g/mol. The first kappa shape index (κ1) is 37.9. The SMILES string of the molecule is CCOC(=O)C[C@@H]1NC(=O)[C@@H](n2cc(CCN3CC(F)C3)c(C(F)(F)F)cc2=O)c2cc(Cl)cc(c2)Oc2ccc(F)c(C)c2-c2cc(C)c(F)c1c2. The lowest BCUT2D eigenvalue weighted by Gasteiger charge is -2.34. The van der Waals surface area contributed by atoms with Gasteiger partial charge in [-0.05, 0) is 97.5 Å². The van der Waals surface area contributed by atoms with Crippen molar-refractivity contribution < 1.29 is 45.4 Å². The van der Waals surface area contributed by atoms with Crippen molar-refractivity contribution in [2.75, 3.05) is 26.2 Å². The molecule has 3 heterocycles. The molecule has 4 aromatic rings. The van der Waals surface area contributed by atoms with Crippen LogP contribution in [-0.2, 0) is 26.9 Å². The molecule has 6 rings (SSSR count). The van der Waals surface area contributed by atoms with Crippen LogP contribution < -0.4 is 15.6 Å². The van der Waals surface area contributed by atoms with Crippen LogP contribution >= 0.6 is 11.6 Å². The molecule has 15 heteroatoms. The van der Waals surface area contributed by atoms with Gasteiger partial charge >= 0.3 is 12.1 Å². The van der Waals surface area contributed by atoms with Gasteiger partial charge in [-0.25, -0.2) is 13.2 Å². The number of alkyl halides is 4. The van der Waals surface area contributed by atoms with Crippen molar-refractivity contribution in [1.82, 2.24) is 14.8 Å². The molecule has 0 unspecified atom stereocenters. The highest BCUT2D eigenvalue weighted by Gasteiger charge is 2.37. The Bertz CT molecular complexity index is 2150. The van der Waals surface area contributed by atoms with E-state index >= 15 is 8.78 Å². The first-order chi connectivity index (χ1) is 25.0. The van der Waals surface area contributed by atoms with E-state index in [0.717, 1.165) is 10.8 Å². The summed E-state index contributed by atoms with van der Waals surface area (Å²) in [6, 6.07) is 6.58. The van der Waals surface area contributed by atoms with E-state index in [1.54, 1.807) is 11.8 Å². The van der Waals surface area contributed by atoms with E-state index < -0.39 is 65.5 Å². The number of likely N-dealkylation sites (tertiary alicyclic amines) is 1. The van der Waals surface area contributed by atoms with Crippen LogP contribution in [0.4, 0.5) is 26.3 Å². The van der Waals surface area contributed by atoms with Crippen molar-refractivity contribution in [3.05, 3.63) is 115 Å². The molecule has 1 N–H and O–H groups in total. The standard InChI is InChI=1S/C38H34ClF6N3O5/c1-4-52-33(50)15-30-27-12-22(9-19(2)35(27)42)34-20(3)29(41)5-6-31(34)53-26-11-23(10-24(39)13-26)36(37(51)46-30)48-16-21(7-8-47-17-25(40)18-47)28(14-32(48)49)38(43,44)45/h5-6,9-14,16,25,30,36H,4,7-8,15,17-18H2,1-3H3,(H,46,51)/t30-,36-/m0/s1. The summed E-state index contributed by atoms with van der Waals surface area (Å²) < 4.78 is 99.7. The average molecular weight is 762 g/mol. The van der Waals surface area contributed by atoms with Gasteiger partial charge in [0.25, 0.3) is 5.56 Å². The number of aromatic nitrogens is 1. The summed E-state index contributed by atoms with van der Waals surface area (Å²) in [5.41, 5.74) is -2.21. The van der Waals surface area contributed by atoms with Crippen LogP contribution in [0.25, 0.3) is 11.1 Å². The molecule has 1 amide bonds. The third kappa shape index (κ3) is 7.93. The van der Waals surface area contributed by atoms with Crippen molar-refractivity contribution >= 4 is 23.5 Å². The Morgan fingerprint density at radius 3 is 2.47 bits per heavy atom. The van der Waals surface area contributed by atoms with E-state index in [1.165, 1.54) is 56.3 Å². The van der Waals surface area contributed by atoms with Crippen molar-refractivity contribution in [3.8, 4) is 22.6 Å². The zero-order valence-electron chi connectivity index (χ0n) is 28.8. The topological polar surface area (TPSA) is 89.9 Å². The van der Waals surface area contributed by atoms with Crippen LogP contribution in [0.1, 0.15) is 58.8 Å². The molecule has 8 nitrogen and oxygen atoms in total. The molecule has 0 saturated carbocycles. The molecular weight excluding hydrogens is 728 g/mol. The number of nitrogens with zero attached hydrogens (tertiary/aromatic N) is 2. The van der Waals surface area contributed by atoms with Crippen molar-refractivity contribution in [2.24, 2.45) is 0 Å². The number of esters is 1. The Hall–Kier alpha value is -4.82. The second-order valence-corrected chi connectivity index (χ2v) is 13.5. The highest BCUT2D eigenvalue weighted by molar-refractivity contribution is 6.30. The van der Waals surface area contributed by atoms with Gasteiger partial charge in [-0.1, -0.05) is 11.6 Å². The molecular formula is C38H34ClF6N3O5. The van der Waals surface area contributed by atoms with Gasteiger partial charge in [0.05, 0.1) is 24.6 Å². The fourth-order valence-corrected chi connectivity index (χ4v) is 7.00. The number of pyridine rings is 1. The lowest BCUT2D eigenvalue weighted by molar-refractivity contribution is -0.144. The first-order valence-electron chi connectivity index (χ1n) is 16.8. The number of amides is 1. The minimum atomic E-state index is -4.94. The Morgan fingerprint density at radius 2 is 1.79 bits per heavy atom. The molecule has 2 aliphatic rings. The molecule has 2 aliphatic heterocycles. The smallest absolute Gasteiger partial charge is 0.416 e. The number of carbonyl (C=O) groups is 2. The van der Waals surface area contributed by atoms with Crippen LogP contribution in [0.15, 0.2) is 59.5 Å². The van der Waals surface area contributed by atoms with Crippen molar-refractivity contribution in [1.29, 1.82) is 0 Å². The molecule has 0 radical (unpaired) electrons. The van der Waals surface area contributed by atoms with Crippen LogP contribution in [-0.4, -0.2) is 53.8 Å². The number of ether oxygens (including phenoxy) is 2. The Labute approximate surface area is 305 Å². The molecule has 3 aromatic carbocycles. The number of carbonyl (C=O) groups excluding carboxylic acids is 2. The van der Waals surface area contributed by atoms with Gasteiger partial charge in [0.15, 0.2) is 0 Å². The predicted octanol–water partition coefficient (Wildman–Crippen LogP) is 7.78. The van der Waals surface area contributed by atoms with Gasteiger partial charge in [-0.3, -0.25) is 23.9 Å². The Balaban J connectivity index is 1.59. The highest BCUT2D eigenvalue weighted by Crippen LogP contribution is 2.42. The van der Waals surface area contributed by atoms with E-state index in [0.29, 0.717) is 6.07 Å². The molecule has 0 aliphatic carbocycles. The fourth-order valence-electron chi connectivity index (χ4n) is 6.77. The number of aryl methyl sites for hydroxylation is 1. The number of hydrogen-bond acceptors (Lipinski definition) is 6. The molecule has 2 atom stereocenters. The predicted molar refractivity (Wildman–Crippen MR) is 184 cm³/mol. The molecule has 4 bridgehead atoms. The number of halogens is 7. The summed E-state index contributed by atoms with van der Waals surface area (Å²) >= 11 is 6.52. The third-order valence-electron chi connectivity index (χ3n) is 9.34. The van der Waals surface area contributed by atoms with E-state index in [1.807, 2.05) is 0 Å². The van der Waals surface area contributed by atoms with Crippen molar-refractivity contribution in [2.45, 2.75) is 58.0 Å². The third-order valence-corrected chi connectivity index (χ3v) is 9.56. The number of fused-ring (bicyclic) bond motifs is 6. The van der Waals surface area contributed by atoms with Crippen LogP contribution in [0.5, 0.6) is 11.5 Å². The largest absolute Gasteiger partial charge is 0.466 e. The molecule has 1 aromatic heterocycles. The number of rotatable bonds is 7. The van der Waals surface area contributed by atoms with Crippen LogP contribution in [0.3, 0.4) is 0 Å². The maximum Gasteiger partial charge on any atom is 0.416 e. The van der Waals surface area contributed by atoms with Gasteiger partial charge in [-0.15, -0.1) is 0 Å². The Morgan fingerprint density at radius 1 is 1.06 bits per heavy atom. The summed E-state index contributed by atoms with van der Waals surface area (Å²) in [6.07, 6.45) is -5.94. The molecule has 0 spiro atoms. The van der Waals surface area contributed by atoms with Crippen LogP contribution in [0, 0.1) is 25.5 Å². The molecule has 280 valence electrons. The van der Waals surface area contributed by atoms with Gasteiger partial charge < -0.3 is 14.8 Å². The summed E-state index contributed by atoms with van der Waals surface area (Å²) in [4.78, 5) is 42.7. The van der Waals surface area contributed by atoms with Gasteiger partial charge in [0, 0.05) is 48.0 Å². The van der Waals surface area contributed by atoms with Gasteiger partial charge in [0.1, 0.15) is 35.3 Å². The molecule has 1 saturated heterocycles. The number of benzene rings is 3. The summed E-state index contributed by atoms with van der Waals surface area (Å²) in [5.74, 6) is -3.08. The lowest BCUT2D eigenvalue weighted by atomic mass is 9.92. The molecule has 53 heavy (non-hydrogen) atoms. The van der Waals surface area contributed by atoms with E-state index in [2.05, 4.69) is 5.32 Å². The highest BCUT2D eigenvalue weighted by atomic mass is 35.5. The average Bonchev–Trinajstić information content (AvgIpc) is 3.06. The summed E-state index contributed by atoms with van der Waals surface area (Å²) in [6.45, 7) is 4.60. The van der Waals surface area contributed by atoms with Gasteiger partial charge in [0.2, 0.25) is 5.91 Å². The van der Waals surface area contributed by atoms with Crippen molar-refractivity contribution in [3.63, 3.8) is 0 Å². The van der Waals surface area contributed by atoms with E-state index in [9.17, 15) is 31.9 Å².